The van der Waals surface area contributed by atoms with Crippen LogP contribution in [0.3, 0.4) is 0 Å². The monoisotopic (exact) mass is 286 g/mol. The smallest absolute Gasteiger partial charge is 0.117 e. The fourth-order valence-electron chi connectivity index (χ4n) is 3.89. The Balaban J connectivity index is 1.91. The van der Waals surface area contributed by atoms with Gasteiger partial charge in [-0.3, -0.25) is 4.90 Å². The number of hydrogen-bond acceptors (Lipinski definition) is 3. The quantitative estimate of drug-likeness (QED) is 0.837. The second kappa shape index (κ2) is 6.29. The van der Waals surface area contributed by atoms with Crippen molar-refractivity contribution >= 4 is 0 Å². The van der Waals surface area contributed by atoms with Gasteiger partial charge in [0.15, 0.2) is 0 Å². The van der Waals surface area contributed by atoms with Crippen LogP contribution in [0.1, 0.15) is 34.1 Å². The minimum Gasteiger partial charge on any atom is -0.392 e. The minimum atomic E-state index is -0.712. The number of β-amino-alcohol motifs (C(OH)–C–C–N with tert-alkyl or cyclic N) is 1. The van der Waals surface area contributed by atoms with Crippen molar-refractivity contribution in [1.29, 1.82) is 0 Å². The van der Waals surface area contributed by atoms with Crippen molar-refractivity contribution in [2.45, 2.75) is 46.4 Å². The summed E-state index contributed by atoms with van der Waals surface area (Å²) in [6.45, 7) is 13.8. The maximum Gasteiger partial charge on any atom is 0.117 e. The number of nitrogens with zero attached hydrogens (tertiary/aromatic N) is 2. The number of aliphatic hydroxyl groups excluding tert-OH is 1. The van der Waals surface area contributed by atoms with Gasteiger partial charge in [-0.15, -0.1) is 0 Å². The Kier molecular flexibility index (Phi) is 5.09. The zero-order valence-corrected chi connectivity index (χ0v) is 13.5. The predicted octanol–water partition coefficient (Wildman–Crippen LogP) is 2.01. The van der Waals surface area contributed by atoms with Gasteiger partial charge in [-0.1, -0.05) is 27.7 Å². The van der Waals surface area contributed by atoms with E-state index in [4.69, 9.17) is 0 Å². The molecule has 2 fully saturated rings. The molecule has 118 valence electrons. The summed E-state index contributed by atoms with van der Waals surface area (Å²) in [5.74, 6) is 0.705. The van der Waals surface area contributed by atoms with Crippen molar-refractivity contribution in [2.75, 3.05) is 39.3 Å². The molecule has 2 saturated heterocycles. The van der Waals surface area contributed by atoms with Gasteiger partial charge in [-0.05, 0) is 17.8 Å². The lowest BCUT2D eigenvalue weighted by Gasteiger charge is -2.36. The Bertz CT molecular complexity index is 322. The molecule has 2 aliphatic rings. The lowest BCUT2D eigenvalue weighted by Crippen LogP contribution is -2.41. The van der Waals surface area contributed by atoms with Gasteiger partial charge < -0.3 is 10.0 Å². The van der Waals surface area contributed by atoms with Crippen LogP contribution in [0.5, 0.6) is 0 Å². The third kappa shape index (κ3) is 3.92. The summed E-state index contributed by atoms with van der Waals surface area (Å²) in [6.07, 6.45) is -0.0384. The summed E-state index contributed by atoms with van der Waals surface area (Å²) in [4.78, 5) is 4.57. The Morgan fingerprint density at radius 3 is 2.45 bits per heavy atom. The van der Waals surface area contributed by atoms with Crippen LogP contribution in [0.25, 0.3) is 0 Å². The summed E-state index contributed by atoms with van der Waals surface area (Å²) in [6, 6.07) is 0. The first-order chi connectivity index (χ1) is 9.28. The van der Waals surface area contributed by atoms with Crippen LogP contribution in [-0.2, 0) is 0 Å². The zero-order chi connectivity index (χ0) is 14.9. The van der Waals surface area contributed by atoms with E-state index >= 15 is 0 Å². The molecule has 1 N–H and O–H groups in total. The van der Waals surface area contributed by atoms with Gasteiger partial charge in [0.2, 0.25) is 0 Å². The molecule has 0 aromatic carbocycles. The fraction of sp³-hybridized carbons (Fsp3) is 1.00. The molecule has 2 rings (SSSR count). The van der Waals surface area contributed by atoms with E-state index in [0.717, 1.165) is 39.1 Å². The number of aliphatic hydroxyl groups is 1. The SMILES string of the molecule is CC(C)CN1CC(C(C)(C)CN2CCC(O)C2)[C@H](F)C1. The molecule has 2 heterocycles. The van der Waals surface area contributed by atoms with Crippen molar-refractivity contribution in [3.05, 3.63) is 0 Å². The standard InChI is InChI=1S/C16H31FN2O/c1-12(2)7-19-9-14(15(17)10-19)16(3,4)11-18-6-5-13(20)8-18/h12-15,20H,5-11H2,1-4H3/t13?,14?,15-/m1/s1. The molecule has 0 bridgehead atoms. The first-order valence-corrected chi connectivity index (χ1v) is 8.05. The largest absolute Gasteiger partial charge is 0.392 e. The summed E-state index contributed by atoms with van der Waals surface area (Å²) < 4.78 is 14.4. The van der Waals surface area contributed by atoms with Crippen LogP contribution < -0.4 is 0 Å². The minimum absolute atomic E-state index is 0.0325. The van der Waals surface area contributed by atoms with E-state index in [1.807, 2.05) is 0 Å². The number of hydrogen-bond donors (Lipinski definition) is 1. The maximum absolute atomic E-state index is 14.4. The van der Waals surface area contributed by atoms with Crippen LogP contribution in [0.4, 0.5) is 4.39 Å². The molecule has 0 radical (unpaired) electrons. The van der Waals surface area contributed by atoms with E-state index in [-0.39, 0.29) is 17.4 Å². The molecule has 2 aliphatic heterocycles. The highest BCUT2D eigenvalue weighted by Crippen LogP contribution is 2.37. The van der Waals surface area contributed by atoms with Crippen LogP contribution in [0, 0.1) is 17.3 Å². The van der Waals surface area contributed by atoms with Crippen molar-refractivity contribution in [3.63, 3.8) is 0 Å². The molecule has 20 heavy (non-hydrogen) atoms. The third-order valence-electron chi connectivity index (χ3n) is 4.83. The van der Waals surface area contributed by atoms with E-state index in [1.165, 1.54) is 0 Å². The molecule has 3 atom stereocenters. The van der Waals surface area contributed by atoms with Gasteiger partial charge in [0, 0.05) is 45.2 Å². The Hall–Kier alpha value is -0.190. The Morgan fingerprint density at radius 1 is 1.20 bits per heavy atom. The van der Waals surface area contributed by atoms with Gasteiger partial charge in [0.25, 0.3) is 0 Å². The first kappa shape index (κ1) is 16.2. The molecular weight excluding hydrogens is 255 g/mol. The number of likely N-dealkylation sites (tertiary alicyclic amines) is 2. The topological polar surface area (TPSA) is 26.7 Å². The summed E-state index contributed by atoms with van der Waals surface area (Å²) in [5, 5.41) is 9.63. The fourth-order valence-corrected chi connectivity index (χ4v) is 3.89. The van der Waals surface area contributed by atoms with E-state index in [1.54, 1.807) is 0 Å². The molecule has 0 aliphatic carbocycles. The summed E-state index contributed by atoms with van der Waals surface area (Å²) >= 11 is 0. The molecule has 0 aromatic rings. The second-order valence-electron chi connectivity index (χ2n) is 7.90. The highest BCUT2D eigenvalue weighted by Gasteiger charge is 2.43. The predicted molar refractivity (Wildman–Crippen MR) is 80.5 cm³/mol. The van der Waals surface area contributed by atoms with Crippen molar-refractivity contribution in [2.24, 2.45) is 17.3 Å². The summed E-state index contributed by atoms with van der Waals surface area (Å²) in [5.41, 5.74) is -0.0325. The molecule has 0 saturated carbocycles. The van der Waals surface area contributed by atoms with Crippen molar-refractivity contribution < 1.29 is 9.50 Å². The summed E-state index contributed by atoms with van der Waals surface area (Å²) in [7, 11) is 0. The Morgan fingerprint density at radius 2 is 1.90 bits per heavy atom. The molecular formula is C16H31FN2O. The maximum atomic E-state index is 14.4. The second-order valence-corrected chi connectivity index (χ2v) is 7.90. The molecule has 0 aromatic heterocycles. The molecule has 0 amide bonds. The van der Waals surface area contributed by atoms with Crippen LogP contribution in [-0.4, -0.2) is 66.5 Å². The van der Waals surface area contributed by atoms with Crippen LogP contribution >= 0.6 is 0 Å². The first-order valence-electron chi connectivity index (χ1n) is 8.05. The molecule has 0 spiro atoms. The highest BCUT2D eigenvalue weighted by atomic mass is 19.1. The van der Waals surface area contributed by atoms with Gasteiger partial charge >= 0.3 is 0 Å². The Labute approximate surface area is 123 Å². The number of alkyl halides is 1. The van der Waals surface area contributed by atoms with Gasteiger partial charge in [-0.25, -0.2) is 4.39 Å². The molecule has 4 heteroatoms. The van der Waals surface area contributed by atoms with E-state index in [2.05, 4.69) is 37.5 Å². The molecule has 2 unspecified atom stereocenters. The average molecular weight is 286 g/mol. The van der Waals surface area contributed by atoms with Crippen molar-refractivity contribution in [3.8, 4) is 0 Å². The third-order valence-corrected chi connectivity index (χ3v) is 4.83. The average Bonchev–Trinajstić information content (AvgIpc) is 2.84. The lowest BCUT2D eigenvalue weighted by molar-refractivity contribution is 0.0875. The lowest BCUT2D eigenvalue weighted by atomic mass is 9.77. The van der Waals surface area contributed by atoms with Crippen LogP contribution in [0.2, 0.25) is 0 Å². The molecule has 3 nitrogen and oxygen atoms in total. The number of halogens is 1. The normalized spacial score (nSPS) is 33.5. The van der Waals surface area contributed by atoms with E-state index < -0.39 is 6.17 Å². The van der Waals surface area contributed by atoms with E-state index in [9.17, 15) is 9.50 Å². The van der Waals surface area contributed by atoms with Gasteiger partial charge in [-0.2, -0.15) is 0 Å². The highest BCUT2D eigenvalue weighted by molar-refractivity contribution is 4.95. The van der Waals surface area contributed by atoms with Crippen LogP contribution in [0.15, 0.2) is 0 Å². The van der Waals surface area contributed by atoms with E-state index in [0.29, 0.717) is 12.5 Å². The van der Waals surface area contributed by atoms with Crippen molar-refractivity contribution in [1.82, 2.24) is 9.80 Å². The van der Waals surface area contributed by atoms with Gasteiger partial charge in [0.05, 0.1) is 6.10 Å². The van der Waals surface area contributed by atoms with Gasteiger partial charge in [0.1, 0.15) is 6.17 Å². The number of rotatable bonds is 5. The zero-order valence-electron chi connectivity index (χ0n) is 13.5.